The van der Waals surface area contributed by atoms with Gasteiger partial charge in [0.05, 0.1) is 24.7 Å². The van der Waals surface area contributed by atoms with E-state index in [4.69, 9.17) is 4.74 Å². The number of likely N-dealkylation sites (tertiary alicyclic amines) is 1. The van der Waals surface area contributed by atoms with Crippen LogP contribution in [0, 0.1) is 0 Å². The number of carbonyl (C=O) groups excluding carboxylic acids is 1. The lowest BCUT2D eigenvalue weighted by Crippen LogP contribution is -2.44. The number of methoxy groups -OCH3 is 1. The highest BCUT2D eigenvalue weighted by atomic mass is 35.5. The molecule has 1 saturated heterocycles. The van der Waals surface area contributed by atoms with Gasteiger partial charge in [0.1, 0.15) is 18.2 Å². The molecule has 0 unspecified atom stereocenters. The van der Waals surface area contributed by atoms with Crippen molar-refractivity contribution in [1.82, 2.24) is 14.5 Å². The molecular weight excluding hydrogens is 388 g/mol. The summed E-state index contributed by atoms with van der Waals surface area (Å²) in [6.07, 6.45) is 4.05. The first-order chi connectivity index (χ1) is 13.8. The molecular formula is C22H23ClN4O2. The predicted molar refractivity (Wildman–Crippen MR) is 116 cm³/mol. The molecule has 5 rings (SSSR count). The van der Waals surface area contributed by atoms with Crippen LogP contribution in [0.1, 0.15) is 12.8 Å². The fourth-order valence-corrected chi connectivity index (χ4v) is 4.09. The minimum atomic E-state index is 0. The zero-order valence-electron chi connectivity index (χ0n) is 16.2. The summed E-state index contributed by atoms with van der Waals surface area (Å²) in [7, 11) is 1.66. The third-order valence-electron chi connectivity index (χ3n) is 5.56. The van der Waals surface area contributed by atoms with Crippen LogP contribution in [-0.4, -0.2) is 40.7 Å². The van der Waals surface area contributed by atoms with Gasteiger partial charge in [-0.1, -0.05) is 18.2 Å². The molecule has 0 bridgehead atoms. The molecule has 6 nitrogen and oxygen atoms in total. The normalized spacial score (nSPS) is 14.8. The topological polar surface area (TPSA) is 50.6 Å². The third-order valence-corrected chi connectivity index (χ3v) is 5.56. The van der Waals surface area contributed by atoms with Crippen molar-refractivity contribution in [2.45, 2.75) is 19.5 Å². The summed E-state index contributed by atoms with van der Waals surface area (Å²) >= 11 is 0. The van der Waals surface area contributed by atoms with Crippen molar-refractivity contribution < 1.29 is 9.53 Å². The van der Waals surface area contributed by atoms with Gasteiger partial charge in [-0.2, -0.15) is 0 Å². The second-order valence-corrected chi connectivity index (χ2v) is 7.19. The molecule has 0 radical (unpaired) electrons. The fraction of sp³-hybridized carbons (Fsp3) is 0.273. The molecule has 2 aliphatic heterocycles. The summed E-state index contributed by atoms with van der Waals surface area (Å²) in [6.45, 7) is 2.13. The van der Waals surface area contributed by atoms with Crippen molar-refractivity contribution in [3.05, 3.63) is 54.7 Å². The minimum absolute atomic E-state index is 0. The smallest absolute Gasteiger partial charge is 0.326 e. The SMILES string of the molecule is COc1ccc(-c2ncc3n2CN(C(=O)N2CCCC2)c2ccccc2-3)cc1.Cl. The molecule has 7 heteroatoms. The Hall–Kier alpha value is -2.99. The molecule has 3 heterocycles. The monoisotopic (exact) mass is 410 g/mol. The number of ether oxygens (including phenoxy) is 1. The average molecular weight is 411 g/mol. The molecule has 3 aromatic rings. The van der Waals surface area contributed by atoms with Gasteiger partial charge in [0.2, 0.25) is 0 Å². The quantitative estimate of drug-likeness (QED) is 0.618. The summed E-state index contributed by atoms with van der Waals surface area (Å²) in [5, 5.41) is 0. The third kappa shape index (κ3) is 3.23. The Kier molecular flexibility index (Phi) is 5.20. The van der Waals surface area contributed by atoms with E-state index in [-0.39, 0.29) is 18.4 Å². The first-order valence-corrected chi connectivity index (χ1v) is 9.62. The predicted octanol–water partition coefficient (Wildman–Crippen LogP) is 4.64. The highest BCUT2D eigenvalue weighted by molar-refractivity contribution is 5.97. The van der Waals surface area contributed by atoms with E-state index in [9.17, 15) is 4.79 Å². The summed E-state index contributed by atoms with van der Waals surface area (Å²) in [6, 6.07) is 16.0. The second-order valence-electron chi connectivity index (χ2n) is 7.19. The largest absolute Gasteiger partial charge is 0.497 e. The van der Waals surface area contributed by atoms with Gasteiger partial charge in [0, 0.05) is 24.2 Å². The summed E-state index contributed by atoms with van der Waals surface area (Å²) < 4.78 is 7.39. The molecule has 29 heavy (non-hydrogen) atoms. The van der Waals surface area contributed by atoms with E-state index < -0.39 is 0 Å². The molecule has 0 aliphatic carbocycles. The lowest BCUT2D eigenvalue weighted by atomic mass is 10.1. The molecule has 0 N–H and O–H groups in total. The molecule has 2 aliphatic rings. The molecule has 150 valence electrons. The summed E-state index contributed by atoms with van der Waals surface area (Å²) in [5.41, 5.74) is 4.02. The van der Waals surface area contributed by atoms with Crippen LogP contribution in [0.25, 0.3) is 22.6 Å². The Bertz CT molecular complexity index is 1030. The van der Waals surface area contributed by atoms with Crippen molar-refractivity contribution in [2.75, 3.05) is 25.1 Å². The van der Waals surface area contributed by atoms with Crippen LogP contribution in [0.2, 0.25) is 0 Å². The number of aromatic nitrogens is 2. The zero-order valence-corrected chi connectivity index (χ0v) is 17.1. The van der Waals surface area contributed by atoms with Gasteiger partial charge in [-0.05, 0) is 43.2 Å². The number of nitrogens with zero attached hydrogens (tertiary/aromatic N) is 4. The highest BCUT2D eigenvalue weighted by Crippen LogP contribution is 2.39. The van der Waals surface area contributed by atoms with Crippen LogP contribution in [0.3, 0.4) is 0 Å². The summed E-state index contributed by atoms with van der Waals surface area (Å²) in [5.74, 6) is 1.66. The molecule has 2 amide bonds. The number of carbonyl (C=O) groups is 1. The van der Waals surface area contributed by atoms with Crippen molar-refractivity contribution in [1.29, 1.82) is 0 Å². The highest BCUT2D eigenvalue weighted by Gasteiger charge is 2.32. The van der Waals surface area contributed by atoms with E-state index in [1.807, 2.05) is 58.5 Å². The maximum absolute atomic E-state index is 13.2. The number of hydrogen-bond donors (Lipinski definition) is 0. The number of imidazole rings is 1. The van der Waals surface area contributed by atoms with Crippen LogP contribution in [0.15, 0.2) is 54.7 Å². The lowest BCUT2D eigenvalue weighted by molar-refractivity contribution is 0.213. The van der Waals surface area contributed by atoms with Gasteiger partial charge in [-0.15, -0.1) is 12.4 Å². The van der Waals surface area contributed by atoms with Crippen LogP contribution >= 0.6 is 12.4 Å². The Morgan fingerprint density at radius 2 is 1.76 bits per heavy atom. The molecule has 1 fully saturated rings. The fourth-order valence-electron chi connectivity index (χ4n) is 4.09. The van der Waals surface area contributed by atoms with Crippen molar-refractivity contribution in [3.63, 3.8) is 0 Å². The molecule has 0 saturated carbocycles. The van der Waals surface area contributed by atoms with Gasteiger partial charge >= 0.3 is 6.03 Å². The number of benzene rings is 2. The number of anilines is 1. The Morgan fingerprint density at radius 3 is 2.48 bits per heavy atom. The molecule has 1 aromatic heterocycles. The number of urea groups is 1. The Labute approximate surface area is 176 Å². The van der Waals surface area contributed by atoms with Crippen molar-refractivity contribution in [3.8, 4) is 28.4 Å². The molecule has 2 aromatic carbocycles. The number of amides is 2. The average Bonchev–Trinajstić information content (AvgIpc) is 3.43. The first kappa shape index (κ1) is 19.3. The zero-order chi connectivity index (χ0) is 19.1. The number of para-hydroxylation sites is 1. The summed E-state index contributed by atoms with van der Waals surface area (Å²) in [4.78, 5) is 21.7. The Morgan fingerprint density at radius 1 is 1.03 bits per heavy atom. The first-order valence-electron chi connectivity index (χ1n) is 9.62. The minimum Gasteiger partial charge on any atom is -0.497 e. The van der Waals surface area contributed by atoms with Gasteiger partial charge in [-0.3, -0.25) is 4.90 Å². The van der Waals surface area contributed by atoms with Crippen LogP contribution in [-0.2, 0) is 6.67 Å². The molecule has 0 spiro atoms. The number of halogens is 1. The van der Waals surface area contributed by atoms with E-state index in [0.29, 0.717) is 6.67 Å². The van der Waals surface area contributed by atoms with E-state index in [1.54, 1.807) is 7.11 Å². The van der Waals surface area contributed by atoms with Gasteiger partial charge < -0.3 is 14.2 Å². The van der Waals surface area contributed by atoms with E-state index >= 15 is 0 Å². The van der Waals surface area contributed by atoms with Crippen LogP contribution in [0.4, 0.5) is 10.5 Å². The van der Waals surface area contributed by atoms with Gasteiger partial charge in [0.15, 0.2) is 0 Å². The lowest BCUT2D eigenvalue weighted by Gasteiger charge is -2.34. The van der Waals surface area contributed by atoms with E-state index in [2.05, 4.69) is 15.6 Å². The maximum Gasteiger partial charge on any atom is 0.326 e. The van der Waals surface area contributed by atoms with Crippen molar-refractivity contribution >= 4 is 24.1 Å². The Balaban J connectivity index is 0.00000205. The molecule has 0 atom stereocenters. The standard InChI is InChI=1S/C22H22N4O2.ClH/c1-28-17-10-8-16(9-11-17)21-23-14-20-18-6-2-3-7-19(18)26(15-25(20)21)22(27)24-12-4-5-13-24;/h2-3,6-11,14H,4-5,12-13,15H2,1H3;1H. The second kappa shape index (κ2) is 7.79. The number of rotatable bonds is 2. The van der Waals surface area contributed by atoms with E-state index in [0.717, 1.165) is 60.0 Å². The maximum atomic E-state index is 13.2. The van der Waals surface area contributed by atoms with Gasteiger partial charge in [0.25, 0.3) is 0 Å². The van der Waals surface area contributed by atoms with Crippen LogP contribution in [0.5, 0.6) is 5.75 Å². The van der Waals surface area contributed by atoms with Gasteiger partial charge in [-0.25, -0.2) is 9.78 Å². The van der Waals surface area contributed by atoms with Crippen molar-refractivity contribution in [2.24, 2.45) is 0 Å². The van der Waals surface area contributed by atoms with Crippen LogP contribution < -0.4 is 9.64 Å². The number of fused-ring (bicyclic) bond motifs is 3. The van der Waals surface area contributed by atoms with E-state index in [1.165, 1.54) is 0 Å². The number of hydrogen-bond acceptors (Lipinski definition) is 3.